The van der Waals surface area contributed by atoms with Crippen molar-refractivity contribution in [1.29, 1.82) is 0 Å². The second kappa shape index (κ2) is 8.06. The molecule has 132 valence electrons. The zero-order valence-electron chi connectivity index (χ0n) is 13.8. The third-order valence-corrected chi connectivity index (χ3v) is 6.93. The third-order valence-electron chi connectivity index (χ3n) is 3.28. The molecule has 0 fully saturated rings. The van der Waals surface area contributed by atoms with Gasteiger partial charge >= 0.3 is 0 Å². The van der Waals surface area contributed by atoms with Crippen LogP contribution in [0.25, 0.3) is 0 Å². The van der Waals surface area contributed by atoms with Crippen LogP contribution in [0.15, 0.2) is 21.3 Å². The Morgan fingerprint density at radius 1 is 1.29 bits per heavy atom. The maximum Gasteiger partial charge on any atom is 0.247 e. The van der Waals surface area contributed by atoms with Crippen molar-refractivity contribution in [3.05, 3.63) is 32.6 Å². The van der Waals surface area contributed by atoms with Gasteiger partial charge < -0.3 is 10.6 Å². The number of aryl methyl sites for hydroxylation is 2. The zero-order chi connectivity index (χ0) is 17.7. The Labute approximate surface area is 150 Å². The summed E-state index contributed by atoms with van der Waals surface area (Å²) in [7, 11) is -1.94. The fourth-order valence-corrected chi connectivity index (χ4v) is 4.58. The number of hydrogen-bond donors (Lipinski definition) is 3. The van der Waals surface area contributed by atoms with Gasteiger partial charge in [0.1, 0.15) is 4.21 Å². The highest BCUT2D eigenvalue weighted by Crippen LogP contribution is 2.20. The van der Waals surface area contributed by atoms with Crippen LogP contribution in [0.5, 0.6) is 0 Å². The number of nitrogens with one attached hydrogen (secondary N) is 2. The second-order valence-corrected chi connectivity index (χ2v) is 9.36. The minimum Gasteiger partial charge on any atom is -0.356 e. The van der Waals surface area contributed by atoms with Crippen molar-refractivity contribution >= 4 is 38.7 Å². The topological polar surface area (TPSA) is 109 Å². The van der Waals surface area contributed by atoms with Gasteiger partial charge in [0, 0.05) is 29.8 Å². The number of aliphatic imine (C=N–C) groups is 1. The van der Waals surface area contributed by atoms with E-state index in [0.717, 1.165) is 39.9 Å². The number of sulfonamides is 1. The number of aromatic nitrogens is 1. The van der Waals surface area contributed by atoms with Crippen LogP contribution in [-0.2, 0) is 23.0 Å². The molecule has 0 bridgehead atoms. The lowest BCUT2D eigenvalue weighted by molar-refractivity contribution is 0.600. The Balaban J connectivity index is 1.81. The molecular formula is C14H21N5O2S3. The first-order chi connectivity index (χ1) is 11.3. The molecule has 2 aromatic heterocycles. The first-order valence-electron chi connectivity index (χ1n) is 7.28. The number of hydrogen-bond acceptors (Lipinski definition) is 6. The predicted octanol–water partition coefficient (Wildman–Crippen LogP) is 1.38. The van der Waals surface area contributed by atoms with Crippen molar-refractivity contribution in [3.63, 3.8) is 0 Å². The number of primary sulfonamides is 1. The first kappa shape index (κ1) is 18.8. The summed E-state index contributed by atoms with van der Waals surface area (Å²) in [6.07, 6.45) is 0.828. The Morgan fingerprint density at radius 3 is 2.58 bits per heavy atom. The van der Waals surface area contributed by atoms with Crippen molar-refractivity contribution in [2.45, 2.75) is 31.0 Å². The molecule has 0 saturated heterocycles. The van der Waals surface area contributed by atoms with E-state index >= 15 is 0 Å². The van der Waals surface area contributed by atoms with Crippen LogP contribution in [0.4, 0.5) is 0 Å². The summed E-state index contributed by atoms with van der Waals surface area (Å²) < 4.78 is 22.7. The molecule has 2 aromatic rings. The highest BCUT2D eigenvalue weighted by molar-refractivity contribution is 7.91. The third kappa shape index (κ3) is 5.26. The first-order valence-corrected chi connectivity index (χ1v) is 10.5. The van der Waals surface area contributed by atoms with E-state index in [2.05, 4.69) is 27.5 Å². The van der Waals surface area contributed by atoms with Gasteiger partial charge in [0.15, 0.2) is 5.96 Å². The molecule has 4 N–H and O–H groups in total. The van der Waals surface area contributed by atoms with Crippen LogP contribution in [0.3, 0.4) is 0 Å². The monoisotopic (exact) mass is 387 g/mol. The number of thiazole rings is 1. The van der Waals surface area contributed by atoms with Gasteiger partial charge in [-0.15, -0.1) is 22.7 Å². The molecular weight excluding hydrogens is 366 g/mol. The quantitative estimate of drug-likeness (QED) is 0.512. The van der Waals surface area contributed by atoms with Crippen molar-refractivity contribution < 1.29 is 8.42 Å². The summed E-state index contributed by atoms with van der Waals surface area (Å²) >= 11 is 2.86. The second-order valence-electron chi connectivity index (χ2n) is 5.12. The van der Waals surface area contributed by atoms with E-state index < -0.39 is 10.0 Å². The van der Waals surface area contributed by atoms with Gasteiger partial charge in [-0.2, -0.15) is 0 Å². The summed E-state index contributed by atoms with van der Waals surface area (Å²) in [6, 6.07) is 3.26. The molecule has 0 aromatic carbocycles. The summed E-state index contributed by atoms with van der Waals surface area (Å²) in [5.74, 6) is 0.658. The molecule has 0 aliphatic rings. The molecule has 24 heavy (non-hydrogen) atoms. The Kier molecular flexibility index (Phi) is 6.33. The Hall–Kier alpha value is -1.49. The Morgan fingerprint density at radius 2 is 2.04 bits per heavy atom. The molecule has 0 saturated carbocycles. The predicted molar refractivity (Wildman–Crippen MR) is 99.2 cm³/mol. The zero-order valence-corrected chi connectivity index (χ0v) is 16.2. The molecule has 2 rings (SSSR count). The fraction of sp³-hybridized carbons (Fsp3) is 0.429. The SMILES string of the molecule is CN=C(NCCc1nc(C)c(C)s1)NCc1ccc(S(N)(=O)=O)s1. The van der Waals surface area contributed by atoms with E-state index in [1.165, 1.54) is 10.9 Å². The van der Waals surface area contributed by atoms with Crippen molar-refractivity contribution in [2.24, 2.45) is 10.1 Å². The summed E-state index contributed by atoms with van der Waals surface area (Å²) in [4.78, 5) is 10.8. The number of thiophene rings is 1. The van der Waals surface area contributed by atoms with Crippen LogP contribution in [0, 0.1) is 13.8 Å². The van der Waals surface area contributed by atoms with Crippen molar-refractivity contribution in [2.75, 3.05) is 13.6 Å². The molecule has 0 aliphatic carbocycles. The highest BCUT2D eigenvalue weighted by atomic mass is 32.2. The fourth-order valence-electron chi connectivity index (χ4n) is 1.93. The number of rotatable bonds is 6. The molecule has 0 radical (unpaired) electrons. The van der Waals surface area contributed by atoms with Gasteiger partial charge in [0.05, 0.1) is 17.2 Å². The number of nitrogens with two attached hydrogens (primary N) is 1. The lowest BCUT2D eigenvalue weighted by Gasteiger charge is -2.10. The molecule has 0 atom stereocenters. The van der Waals surface area contributed by atoms with Crippen LogP contribution in [-0.4, -0.2) is 33.0 Å². The normalized spacial score (nSPS) is 12.4. The largest absolute Gasteiger partial charge is 0.356 e. The number of nitrogens with zero attached hydrogens (tertiary/aromatic N) is 2. The van der Waals surface area contributed by atoms with E-state index in [0.29, 0.717) is 12.5 Å². The van der Waals surface area contributed by atoms with Crippen LogP contribution in [0.2, 0.25) is 0 Å². The van der Waals surface area contributed by atoms with Gasteiger partial charge in [0.2, 0.25) is 10.0 Å². The molecule has 0 amide bonds. The van der Waals surface area contributed by atoms with E-state index in [1.54, 1.807) is 24.5 Å². The maximum absolute atomic E-state index is 11.3. The maximum atomic E-state index is 11.3. The molecule has 7 nitrogen and oxygen atoms in total. The molecule has 10 heteroatoms. The van der Waals surface area contributed by atoms with Crippen LogP contribution in [0.1, 0.15) is 20.5 Å². The van der Waals surface area contributed by atoms with E-state index in [1.807, 2.05) is 6.92 Å². The van der Waals surface area contributed by atoms with Gasteiger partial charge in [-0.1, -0.05) is 0 Å². The van der Waals surface area contributed by atoms with E-state index in [-0.39, 0.29) is 4.21 Å². The summed E-state index contributed by atoms with van der Waals surface area (Å²) in [6.45, 7) is 5.29. The van der Waals surface area contributed by atoms with Gasteiger partial charge in [-0.3, -0.25) is 4.99 Å². The standard InChI is InChI=1S/C14H21N5O2S3/c1-9-10(2)22-12(19-9)6-7-17-14(16-3)18-8-11-4-5-13(23-11)24(15,20)21/h4-5H,6-8H2,1-3H3,(H2,15,20,21)(H2,16,17,18). The van der Waals surface area contributed by atoms with E-state index in [9.17, 15) is 8.42 Å². The molecule has 0 spiro atoms. The number of guanidine groups is 1. The lowest BCUT2D eigenvalue weighted by atomic mass is 10.4. The van der Waals surface area contributed by atoms with E-state index in [4.69, 9.17) is 5.14 Å². The van der Waals surface area contributed by atoms with Crippen molar-refractivity contribution in [3.8, 4) is 0 Å². The summed E-state index contributed by atoms with van der Waals surface area (Å²) in [5.41, 5.74) is 1.08. The molecule has 0 aliphatic heterocycles. The minimum atomic E-state index is -3.63. The smallest absolute Gasteiger partial charge is 0.247 e. The van der Waals surface area contributed by atoms with Crippen LogP contribution < -0.4 is 15.8 Å². The van der Waals surface area contributed by atoms with Gasteiger partial charge in [0.25, 0.3) is 0 Å². The van der Waals surface area contributed by atoms with Crippen LogP contribution >= 0.6 is 22.7 Å². The van der Waals surface area contributed by atoms with Gasteiger partial charge in [-0.05, 0) is 26.0 Å². The minimum absolute atomic E-state index is 0.164. The highest BCUT2D eigenvalue weighted by Gasteiger charge is 2.11. The average molecular weight is 388 g/mol. The van der Waals surface area contributed by atoms with Gasteiger partial charge in [-0.25, -0.2) is 18.5 Å². The molecule has 2 heterocycles. The Bertz CT molecular complexity index is 804. The molecule has 0 unspecified atom stereocenters. The lowest BCUT2D eigenvalue weighted by Crippen LogP contribution is -2.37. The van der Waals surface area contributed by atoms with Crippen molar-refractivity contribution in [1.82, 2.24) is 15.6 Å². The average Bonchev–Trinajstić information content (AvgIpc) is 3.10. The summed E-state index contributed by atoms with van der Waals surface area (Å²) in [5, 5.41) is 12.6.